The molecular weight excluding hydrogens is 462 g/mol. The lowest BCUT2D eigenvalue weighted by molar-refractivity contribution is -0.117. The van der Waals surface area contributed by atoms with Gasteiger partial charge in [-0.15, -0.1) is 0 Å². The highest BCUT2D eigenvalue weighted by atomic mass is 35.5. The first kappa shape index (κ1) is 24.2. The molecule has 0 radical (unpaired) electrons. The summed E-state index contributed by atoms with van der Waals surface area (Å²) in [5.41, 5.74) is 2.67. The van der Waals surface area contributed by atoms with Crippen LogP contribution in [0.1, 0.15) is 49.9 Å². The summed E-state index contributed by atoms with van der Waals surface area (Å²) in [5, 5.41) is 7.36. The Labute approximate surface area is 213 Å². The van der Waals surface area contributed by atoms with Crippen LogP contribution < -0.4 is 10.6 Å². The van der Waals surface area contributed by atoms with Gasteiger partial charge in [0.2, 0.25) is 5.91 Å². The molecule has 3 aliphatic heterocycles. The van der Waals surface area contributed by atoms with Crippen LogP contribution in [-0.4, -0.2) is 83.9 Å². The fourth-order valence-electron chi connectivity index (χ4n) is 5.44. The number of likely N-dealkylation sites (tertiary alicyclic amines) is 1. The highest BCUT2D eigenvalue weighted by Crippen LogP contribution is 2.26. The SMILES string of the molecule is CC1=C(N2CCN(C3CCN(C(=O)c4ccc(Cl)cc4)CC3)CC2)N[C@@H](C)C(C(=O)NC2CC2)=C1. The van der Waals surface area contributed by atoms with Crippen LogP contribution in [0.2, 0.25) is 5.02 Å². The summed E-state index contributed by atoms with van der Waals surface area (Å²) >= 11 is 5.96. The molecule has 0 bridgehead atoms. The van der Waals surface area contributed by atoms with Crippen LogP contribution in [0.15, 0.2) is 47.3 Å². The number of halogens is 1. The molecule has 35 heavy (non-hydrogen) atoms. The van der Waals surface area contributed by atoms with E-state index in [2.05, 4.69) is 40.4 Å². The summed E-state index contributed by atoms with van der Waals surface area (Å²) in [6, 6.07) is 8.08. The Morgan fingerprint density at radius 1 is 0.971 bits per heavy atom. The first-order valence-electron chi connectivity index (χ1n) is 12.9. The Morgan fingerprint density at radius 2 is 1.63 bits per heavy atom. The van der Waals surface area contributed by atoms with Gasteiger partial charge in [0.05, 0.1) is 6.04 Å². The number of benzene rings is 1. The van der Waals surface area contributed by atoms with E-state index in [1.54, 1.807) is 12.1 Å². The Morgan fingerprint density at radius 3 is 2.26 bits per heavy atom. The second-order valence-corrected chi connectivity index (χ2v) is 10.7. The summed E-state index contributed by atoms with van der Waals surface area (Å²) < 4.78 is 0. The van der Waals surface area contributed by atoms with Gasteiger partial charge >= 0.3 is 0 Å². The summed E-state index contributed by atoms with van der Waals surface area (Å²) in [6.07, 6.45) is 6.29. The van der Waals surface area contributed by atoms with Gasteiger partial charge in [-0.2, -0.15) is 0 Å². The van der Waals surface area contributed by atoms with E-state index in [1.165, 1.54) is 0 Å². The van der Waals surface area contributed by atoms with Crippen LogP contribution in [-0.2, 0) is 4.79 Å². The maximum absolute atomic E-state index is 12.8. The lowest BCUT2D eigenvalue weighted by Crippen LogP contribution is -2.55. The summed E-state index contributed by atoms with van der Waals surface area (Å²) in [6.45, 7) is 9.72. The van der Waals surface area contributed by atoms with Crippen LogP contribution in [0.3, 0.4) is 0 Å². The minimum Gasteiger partial charge on any atom is -0.365 e. The summed E-state index contributed by atoms with van der Waals surface area (Å²) in [7, 11) is 0. The molecule has 0 aromatic heterocycles. The van der Waals surface area contributed by atoms with Crippen molar-refractivity contribution in [3.8, 4) is 0 Å². The third kappa shape index (κ3) is 5.51. The molecule has 2 N–H and O–H groups in total. The molecule has 3 heterocycles. The monoisotopic (exact) mass is 497 g/mol. The number of rotatable bonds is 5. The zero-order valence-corrected chi connectivity index (χ0v) is 21.5. The largest absolute Gasteiger partial charge is 0.365 e. The quantitative estimate of drug-likeness (QED) is 0.654. The van der Waals surface area contributed by atoms with Gasteiger partial charge in [-0.05, 0) is 75.4 Å². The molecule has 1 aromatic rings. The van der Waals surface area contributed by atoms with Crippen LogP contribution in [0.25, 0.3) is 0 Å². The van der Waals surface area contributed by atoms with Crippen molar-refractivity contribution in [2.45, 2.75) is 57.7 Å². The first-order chi connectivity index (χ1) is 16.9. The van der Waals surface area contributed by atoms with Gasteiger partial charge in [0, 0.05) is 67.5 Å². The van der Waals surface area contributed by atoms with Crippen molar-refractivity contribution in [3.05, 3.63) is 57.9 Å². The Kier molecular flexibility index (Phi) is 7.07. The van der Waals surface area contributed by atoms with Crippen LogP contribution in [0.5, 0.6) is 0 Å². The average Bonchev–Trinajstić information content (AvgIpc) is 3.69. The first-order valence-corrected chi connectivity index (χ1v) is 13.3. The number of carbonyl (C=O) groups is 2. The van der Waals surface area contributed by atoms with Crippen molar-refractivity contribution < 1.29 is 9.59 Å². The number of amides is 2. The van der Waals surface area contributed by atoms with Crippen molar-refractivity contribution in [1.82, 2.24) is 25.3 Å². The molecule has 1 saturated carbocycles. The minimum absolute atomic E-state index is 0.00739. The lowest BCUT2D eigenvalue weighted by atomic mass is 9.99. The van der Waals surface area contributed by atoms with Crippen molar-refractivity contribution in [2.75, 3.05) is 39.3 Å². The number of hydrogen-bond donors (Lipinski definition) is 2. The molecule has 1 aromatic carbocycles. The number of dihydropyridines is 1. The lowest BCUT2D eigenvalue weighted by Gasteiger charge is -2.45. The zero-order valence-electron chi connectivity index (χ0n) is 20.7. The van der Waals surface area contributed by atoms with E-state index in [0.29, 0.717) is 22.7 Å². The third-order valence-electron chi connectivity index (χ3n) is 7.73. The minimum atomic E-state index is 0.00739. The number of nitrogens with zero attached hydrogens (tertiary/aromatic N) is 3. The van der Waals surface area contributed by atoms with E-state index >= 15 is 0 Å². The molecule has 4 aliphatic rings. The van der Waals surface area contributed by atoms with Crippen molar-refractivity contribution in [2.24, 2.45) is 0 Å². The second kappa shape index (κ2) is 10.2. The number of carbonyl (C=O) groups excluding carboxylic acids is 2. The Balaban J connectivity index is 1.12. The summed E-state index contributed by atoms with van der Waals surface area (Å²) in [5.74, 6) is 1.32. The van der Waals surface area contributed by atoms with Gasteiger partial charge in [-0.25, -0.2) is 0 Å². The van der Waals surface area contributed by atoms with E-state index in [9.17, 15) is 9.59 Å². The van der Waals surface area contributed by atoms with E-state index in [-0.39, 0.29) is 17.9 Å². The smallest absolute Gasteiger partial charge is 0.253 e. The molecule has 5 rings (SSSR count). The van der Waals surface area contributed by atoms with Crippen LogP contribution in [0, 0.1) is 0 Å². The number of piperazine rings is 1. The predicted octanol–water partition coefficient (Wildman–Crippen LogP) is 2.99. The van der Waals surface area contributed by atoms with Gasteiger partial charge in [0.25, 0.3) is 5.91 Å². The van der Waals surface area contributed by atoms with Gasteiger partial charge in [-0.1, -0.05) is 11.6 Å². The molecule has 8 heteroatoms. The summed E-state index contributed by atoms with van der Waals surface area (Å²) in [4.78, 5) is 32.4. The molecule has 0 spiro atoms. The van der Waals surface area contributed by atoms with E-state index < -0.39 is 0 Å². The second-order valence-electron chi connectivity index (χ2n) is 10.3. The molecule has 1 atom stereocenters. The highest BCUT2D eigenvalue weighted by molar-refractivity contribution is 6.30. The molecule has 3 fully saturated rings. The molecule has 2 amide bonds. The van der Waals surface area contributed by atoms with Gasteiger partial charge in [-0.3, -0.25) is 14.5 Å². The highest BCUT2D eigenvalue weighted by Gasteiger charge is 2.33. The van der Waals surface area contributed by atoms with Gasteiger partial charge in [0.15, 0.2) is 0 Å². The van der Waals surface area contributed by atoms with Crippen molar-refractivity contribution in [3.63, 3.8) is 0 Å². The average molecular weight is 498 g/mol. The van der Waals surface area contributed by atoms with Crippen LogP contribution >= 0.6 is 11.6 Å². The van der Waals surface area contributed by atoms with Gasteiger partial charge < -0.3 is 20.4 Å². The fraction of sp³-hybridized carbons (Fsp3) is 0.556. The van der Waals surface area contributed by atoms with E-state index in [1.807, 2.05) is 17.0 Å². The molecule has 0 unspecified atom stereocenters. The molecular formula is C27H36ClN5O2. The normalized spacial score (nSPS) is 24.2. The molecule has 1 aliphatic carbocycles. The van der Waals surface area contributed by atoms with Gasteiger partial charge in [0.1, 0.15) is 5.82 Å². The number of hydrogen-bond acceptors (Lipinski definition) is 5. The Hall–Kier alpha value is -2.51. The van der Waals surface area contributed by atoms with Crippen molar-refractivity contribution >= 4 is 23.4 Å². The molecule has 2 saturated heterocycles. The predicted molar refractivity (Wildman–Crippen MR) is 138 cm³/mol. The maximum Gasteiger partial charge on any atom is 0.253 e. The molecule has 7 nitrogen and oxygen atoms in total. The van der Waals surface area contributed by atoms with E-state index in [0.717, 1.165) is 81.9 Å². The number of piperidine rings is 1. The topological polar surface area (TPSA) is 67.9 Å². The Bertz CT molecular complexity index is 1020. The maximum atomic E-state index is 12.8. The molecule has 188 valence electrons. The zero-order chi connectivity index (χ0) is 24.5. The third-order valence-corrected chi connectivity index (χ3v) is 7.98. The number of nitrogens with one attached hydrogen (secondary N) is 2. The standard InChI is InChI=1S/C27H36ClN5O2/c1-18-17-24(26(34)30-22-7-8-22)19(2)29-25(18)32-15-13-31(14-16-32)23-9-11-33(12-10-23)27(35)20-3-5-21(28)6-4-20/h3-6,17,19,22-23,29H,7-16H2,1-2H3,(H,30,34)/t19-/m0/s1. The number of allylic oxidation sites excluding steroid dienone is 2. The van der Waals surface area contributed by atoms with Crippen LogP contribution in [0.4, 0.5) is 0 Å². The van der Waals surface area contributed by atoms with E-state index in [4.69, 9.17) is 11.6 Å². The fourth-order valence-corrected chi connectivity index (χ4v) is 5.57. The van der Waals surface area contributed by atoms with Crippen molar-refractivity contribution in [1.29, 1.82) is 0 Å².